The van der Waals surface area contributed by atoms with Crippen molar-refractivity contribution in [3.05, 3.63) is 34.9 Å². The highest BCUT2D eigenvalue weighted by molar-refractivity contribution is 5.64. The zero-order valence-electron chi connectivity index (χ0n) is 11.6. The molecule has 0 saturated carbocycles. The summed E-state index contributed by atoms with van der Waals surface area (Å²) in [5.74, 6) is 6.19. The minimum atomic E-state index is 0.00171. The van der Waals surface area contributed by atoms with Crippen molar-refractivity contribution in [1.82, 2.24) is 0 Å². The molecule has 0 aliphatic rings. The predicted molar refractivity (Wildman–Crippen MR) is 74.2 cm³/mol. The molecule has 0 atom stereocenters. The fraction of sp³-hybridized carbons (Fsp3) is 0.467. The van der Waals surface area contributed by atoms with Crippen LogP contribution in [-0.4, -0.2) is 0 Å². The van der Waals surface area contributed by atoms with Gasteiger partial charge in [-0.1, -0.05) is 40.3 Å². The molecule has 0 bridgehead atoms. The molecule has 0 amide bonds. The van der Waals surface area contributed by atoms with E-state index in [2.05, 4.69) is 47.3 Å². The Bertz CT molecular complexity index is 428. The number of rotatable bonds is 3. The van der Waals surface area contributed by atoms with Gasteiger partial charge in [0.25, 0.3) is 0 Å². The summed E-state index contributed by atoms with van der Waals surface area (Å²) < 4.78 is 0. The molecule has 0 unspecified atom stereocenters. The summed E-state index contributed by atoms with van der Waals surface area (Å²) in [6, 6.07) is 2.11. The normalized spacial score (nSPS) is 11.4. The molecule has 0 spiro atoms. The van der Waals surface area contributed by atoms with Gasteiger partial charge in [0.05, 0.1) is 0 Å². The first-order chi connectivity index (χ1) is 7.86. The lowest BCUT2D eigenvalue weighted by Crippen LogP contribution is -2.19. The van der Waals surface area contributed by atoms with Crippen LogP contribution in [0.1, 0.15) is 49.9 Å². The summed E-state index contributed by atoms with van der Waals surface area (Å²) in [4.78, 5) is 5.10. The van der Waals surface area contributed by atoms with E-state index in [1.165, 1.54) is 16.7 Å². The van der Waals surface area contributed by atoms with Crippen molar-refractivity contribution in [2.45, 2.75) is 46.5 Å². The van der Waals surface area contributed by atoms with Crippen molar-refractivity contribution >= 4 is 6.08 Å². The molecular formula is C15H23NO. The maximum absolute atomic E-state index is 5.44. The van der Waals surface area contributed by atoms with E-state index in [-0.39, 0.29) is 5.41 Å². The van der Waals surface area contributed by atoms with Crippen LogP contribution >= 0.6 is 0 Å². The third-order valence-corrected chi connectivity index (χ3v) is 3.14. The van der Waals surface area contributed by atoms with Crippen molar-refractivity contribution in [2.75, 3.05) is 0 Å². The maximum Gasteiger partial charge on any atom is 0.158 e. The highest BCUT2D eigenvalue weighted by atomic mass is 16.6. The average molecular weight is 233 g/mol. The minimum Gasteiger partial charge on any atom is -0.411 e. The van der Waals surface area contributed by atoms with Crippen LogP contribution < -0.4 is 10.7 Å². The van der Waals surface area contributed by atoms with Crippen LogP contribution in [0.3, 0.4) is 0 Å². The summed E-state index contributed by atoms with van der Waals surface area (Å²) >= 11 is 0. The molecule has 0 heterocycles. The van der Waals surface area contributed by atoms with Gasteiger partial charge in [0.15, 0.2) is 5.75 Å². The zero-order chi connectivity index (χ0) is 13.2. The van der Waals surface area contributed by atoms with Crippen LogP contribution in [0.2, 0.25) is 0 Å². The van der Waals surface area contributed by atoms with Crippen LogP contribution in [0.15, 0.2) is 12.6 Å². The molecule has 0 aliphatic heterocycles. The second kappa shape index (κ2) is 4.92. The second-order valence-electron chi connectivity index (χ2n) is 5.38. The molecule has 17 heavy (non-hydrogen) atoms. The topological polar surface area (TPSA) is 35.2 Å². The molecule has 1 aromatic carbocycles. The van der Waals surface area contributed by atoms with E-state index in [0.717, 1.165) is 17.7 Å². The van der Waals surface area contributed by atoms with Crippen LogP contribution in [-0.2, 0) is 11.8 Å². The van der Waals surface area contributed by atoms with E-state index >= 15 is 0 Å². The van der Waals surface area contributed by atoms with E-state index in [4.69, 9.17) is 10.7 Å². The van der Waals surface area contributed by atoms with Crippen molar-refractivity contribution < 1.29 is 4.84 Å². The molecule has 2 nitrogen and oxygen atoms in total. The molecule has 0 aliphatic carbocycles. The lowest BCUT2D eigenvalue weighted by atomic mass is 9.80. The number of hydrogen-bond donors (Lipinski definition) is 1. The Balaban J connectivity index is 3.68. The third-order valence-electron chi connectivity index (χ3n) is 3.14. The molecule has 0 radical (unpaired) electrons. The highest BCUT2D eigenvalue weighted by Crippen LogP contribution is 2.38. The Morgan fingerprint density at radius 2 is 2.00 bits per heavy atom. The molecule has 0 saturated heterocycles. The third kappa shape index (κ3) is 2.52. The lowest BCUT2D eigenvalue weighted by Gasteiger charge is -2.27. The van der Waals surface area contributed by atoms with Gasteiger partial charge in [-0.3, -0.25) is 0 Å². The number of nitrogens with two attached hydrogens (primary N) is 1. The average Bonchev–Trinajstić information content (AvgIpc) is 2.26. The Kier molecular flexibility index (Phi) is 3.99. The Morgan fingerprint density at radius 1 is 1.41 bits per heavy atom. The van der Waals surface area contributed by atoms with Gasteiger partial charge in [-0.15, -0.1) is 0 Å². The van der Waals surface area contributed by atoms with Gasteiger partial charge in [-0.25, -0.2) is 0 Å². The first-order valence-electron chi connectivity index (χ1n) is 6.02. The first-order valence-corrected chi connectivity index (χ1v) is 6.02. The predicted octanol–water partition coefficient (Wildman–Crippen LogP) is 3.75. The van der Waals surface area contributed by atoms with E-state index in [0.29, 0.717) is 0 Å². The summed E-state index contributed by atoms with van der Waals surface area (Å²) in [6.07, 6.45) is 2.80. The van der Waals surface area contributed by atoms with E-state index < -0.39 is 0 Å². The van der Waals surface area contributed by atoms with Crippen LogP contribution in [0.25, 0.3) is 6.08 Å². The highest BCUT2D eigenvalue weighted by Gasteiger charge is 2.25. The van der Waals surface area contributed by atoms with Crippen molar-refractivity contribution in [3.63, 3.8) is 0 Å². The fourth-order valence-corrected chi connectivity index (χ4v) is 2.39. The number of aryl methyl sites for hydroxylation is 1. The maximum atomic E-state index is 5.44. The summed E-state index contributed by atoms with van der Waals surface area (Å²) in [6.45, 7) is 14.6. The quantitative estimate of drug-likeness (QED) is 0.807. The smallest absolute Gasteiger partial charge is 0.158 e. The molecule has 1 aromatic rings. The Labute approximate surface area is 104 Å². The molecule has 94 valence electrons. The zero-order valence-corrected chi connectivity index (χ0v) is 11.6. The van der Waals surface area contributed by atoms with Gasteiger partial charge >= 0.3 is 0 Å². The number of hydrogen-bond acceptors (Lipinski definition) is 2. The fourth-order valence-electron chi connectivity index (χ4n) is 2.39. The van der Waals surface area contributed by atoms with Gasteiger partial charge in [0.1, 0.15) is 0 Å². The molecule has 0 aromatic heterocycles. The largest absolute Gasteiger partial charge is 0.411 e. The van der Waals surface area contributed by atoms with Crippen molar-refractivity contribution in [3.8, 4) is 5.75 Å². The Morgan fingerprint density at radius 3 is 2.35 bits per heavy atom. The summed E-state index contributed by atoms with van der Waals surface area (Å²) in [7, 11) is 0. The van der Waals surface area contributed by atoms with E-state index in [9.17, 15) is 0 Å². The van der Waals surface area contributed by atoms with Crippen molar-refractivity contribution in [2.24, 2.45) is 5.90 Å². The summed E-state index contributed by atoms with van der Waals surface area (Å²) in [5, 5.41) is 0. The summed E-state index contributed by atoms with van der Waals surface area (Å²) in [5.41, 5.74) is 4.74. The standard InChI is InChI=1S/C15H23NO/c1-7-11-9-12(8-2)14(17-16)13(10(11)3)15(4,5)6/h8-9H,2,7,16H2,1,3-6H3. The van der Waals surface area contributed by atoms with Gasteiger partial charge in [-0.2, -0.15) is 5.90 Å². The molecule has 2 heteroatoms. The van der Waals surface area contributed by atoms with E-state index in [1.807, 2.05) is 0 Å². The second-order valence-corrected chi connectivity index (χ2v) is 5.38. The lowest BCUT2D eigenvalue weighted by molar-refractivity contribution is 0.322. The van der Waals surface area contributed by atoms with Gasteiger partial charge in [0, 0.05) is 11.1 Å². The number of benzene rings is 1. The van der Waals surface area contributed by atoms with Gasteiger partial charge in [-0.05, 0) is 36.0 Å². The molecular weight excluding hydrogens is 210 g/mol. The Hall–Kier alpha value is -1.28. The molecule has 1 rings (SSSR count). The SMILES string of the molecule is C=Cc1cc(CC)c(C)c(C(C)(C)C)c1ON. The van der Waals surface area contributed by atoms with Crippen LogP contribution in [0.4, 0.5) is 0 Å². The van der Waals surface area contributed by atoms with Gasteiger partial charge < -0.3 is 4.84 Å². The first kappa shape index (κ1) is 13.8. The minimum absolute atomic E-state index is 0.00171. The monoisotopic (exact) mass is 233 g/mol. The van der Waals surface area contributed by atoms with E-state index in [1.54, 1.807) is 6.08 Å². The molecule has 0 fully saturated rings. The van der Waals surface area contributed by atoms with Crippen LogP contribution in [0.5, 0.6) is 5.75 Å². The molecule has 2 N–H and O–H groups in total. The van der Waals surface area contributed by atoms with Crippen molar-refractivity contribution in [1.29, 1.82) is 0 Å². The van der Waals surface area contributed by atoms with Crippen LogP contribution in [0, 0.1) is 6.92 Å². The van der Waals surface area contributed by atoms with Gasteiger partial charge in [0.2, 0.25) is 0 Å².